The highest BCUT2D eigenvalue weighted by Gasteiger charge is 2.16. The number of anilines is 1. The van der Waals surface area contributed by atoms with Gasteiger partial charge in [0.1, 0.15) is 13.2 Å². The Bertz CT molecular complexity index is 714. The fourth-order valence-corrected chi connectivity index (χ4v) is 3.76. The van der Waals surface area contributed by atoms with Crippen LogP contribution >= 0.6 is 15.9 Å². The third-order valence-corrected chi connectivity index (χ3v) is 4.84. The van der Waals surface area contributed by atoms with Gasteiger partial charge >= 0.3 is 0 Å². The van der Waals surface area contributed by atoms with E-state index in [1.165, 1.54) is 41.6 Å². The van der Waals surface area contributed by atoms with E-state index in [0.29, 0.717) is 13.2 Å². The van der Waals surface area contributed by atoms with Crippen LogP contribution in [0.5, 0.6) is 11.5 Å². The van der Waals surface area contributed by atoms with E-state index in [9.17, 15) is 0 Å². The van der Waals surface area contributed by atoms with Crippen molar-refractivity contribution in [1.82, 2.24) is 0 Å². The quantitative estimate of drug-likeness (QED) is 0.884. The normalized spacial score (nSPS) is 15.5. The van der Waals surface area contributed by atoms with Crippen LogP contribution in [0.2, 0.25) is 0 Å². The topological polar surface area (TPSA) is 30.5 Å². The molecule has 3 nitrogen and oxygen atoms in total. The monoisotopic (exact) mass is 359 g/mol. The minimum atomic E-state index is 0.609. The van der Waals surface area contributed by atoms with Crippen LogP contribution in [0.15, 0.2) is 34.8 Å². The molecule has 22 heavy (non-hydrogen) atoms. The standard InChI is InChI=1S/C18H18BrNO2/c19-16-8-12(9-17-18(16)22-7-6-21-17)11-20-15-5-4-13-2-1-3-14(13)10-15/h4-5,8-10,20H,1-3,6-7,11H2. The fraction of sp³-hybridized carbons (Fsp3) is 0.333. The van der Waals surface area contributed by atoms with Crippen LogP contribution in [0.3, 0.4) is 0 Å². The van der Waals surface area contributed by atoms with Gasteiger partial charge < -0.3 is 14.8 Å². The maximum absolute atomic E-state index is 5.67. The maximum Gasteiger partial charge on any atom is 0.175 e. The Morgan fingerprint density at radius 1 is 1.00 bits per heavy atom. The third-order valence-electron chi connectivity index (χ3n) is 4.25. The van der Waals surface area contributed by atoms with Crippen molar-refractivity contribution in [3.8, 4) is 11.5 Å². The predicted octanol–water partition coefficient (Wildman–Crippen LogP) is 4.32. The first-order chi connectivity index (χ1) is 10.8. The molecule has 1 aliphatic heterocycles. The third kappa shape index (κ3) is 2.68. The molecule has 1 heterocycles. The van der Waals surface area contributed by atoms with Crippen molar-refractivity contribution in [1.29, 1.82) is 0 Å². The second kappa shape index (κ2) is 5.84. The van der Waals surface area contributed by atoms with Gasteiger partial charge in [-0.3, -0.25) is 0 Å². The average Bonchev–Trinajstić information content (AvgIpc) is 3.00. The minimum Gasteiger partial charge on any atom is -0.486 e. The first-order valence-corrected chi connectivity index (χ1v) is 8.52. The van der Waals surface area contributed by atoms with Gasteiger partial charge in [-0.2, -0.15) is 0 Å². The van der Waals surface area contributed by atoms with E-state index in [1.807, 2.05) is 0 Å². The van der Waals surface area contributed by atoms with Crippen molar-refractivity contribution >= 4 is 21.6 Å². The lowest BCUT2D eigenvalue weighted by Crippen LogP contribution is -2.16. The summed E-state index contributed by atoms with van der Waals surface area (Å²) in [6.45, 7) is 1.99. The van der Waals surface area contributed by atoms with Gasteiger partial charge in [-0.1, -0.05) is 6.07 Å². The summed E-state index contributed by atoms with van der Waals surface area (Å²) < 4.78 is 12.3. The molecule has 0 fully saturated rings. The molecule has 2 aliphatic rings. The number of hydrogen-bond acceptors (Lipinski definition) is 3. The van der Waals surface area contributed by atoms with Gasteiger partial charge in [-0.15, -0.1) is 0 Å². The van der Waals surface area contributed by atoms with Gasteiger partial charge in [0.15, 0.2) is 11.5 Å². The molecule has 114 valence electrons. The Kier molecular flexibility index (Phi) is 3.70. The molecule has 0 saturated carbocycles. The number of ether oxygens (including phenoxy) is 2. The van der Waals surface area contributed by atoms with E-state index in [4.69, 9.17) is 9.47 Å². The van der Waals surface area contributed by atoms with E-state index < -0.39 is 0 Å². The Balaban J connectivity index is 1.51. The molecule has 0 unspecified atom stereocenters. The molecule has 0 amide bonds. The Labute approximate surface area is 138 Å². The van der Waals surface area contributed by atoms with Crippen LogP contribution in [0, 0.1) is 0 Å². The molecular formula is C18H18BrNO2. The molecule has 1 aliphatic carbocycles. The number of rotatable bonds is 3. The molecule has 0 radical (unpaired) electrons. The number of fused-ring (bicyclic) bond motifs is 2. The molecule has 4 heteroatoms. The first kappa shape index (κ1) is 13.9. The second-order valence-corrected chi connectivity index (χ2v) is 6.65. The zero-order valence-corrected chi connectivity index (χ0v) is 13.9. The summed E-state index contributed by atoms with van der Waals surface area (Å²) in [7, 11) is 0. The highest BCUT2D eigenvalue weighted by molar-refractivity contribution is 9.10. The summed E-state index contributed by atoms with van der Waals surface area (Å²) in [4.78, 5) is 0. The van der Waals surface area contributed by atoms with Gasteiger partial charge in [0, 0.05) is 12.2 Å². The number of nitrogens with one attached hydrogen (secondary N) is 1. The Morgan fingerprint density at radius 3 is 2.82 bits per heavy atom. The number of halogens is 1. The number of aryl methyl sites for hydroxylation is 2. The Morgan fingerprint density at radius 2 is 1.86 bits per heavy atom. The van der Waals surface area contributed by atoms with Crippen LogP contribution in [0.25, 0.3) is 0 Å². The van der Waals surface area contributed by atoms with Crippen LogP contribution < -0.4 is 14.8 Å². The van der Waals surface area contributed by atoms with Crippen LogP contribution in [-0.2, 0) is 19.4 Å². The lowest BCUT2D eigenvalue weighted by molar-refractivity contribution is 0.170. The molecule has 2 aromatic rings. The highest BCUT2D eigenvalue weighted by Crippen LogP contribution is 2.38. The van der Waals surface area contributed by atoms with Crippen LogP contribution in [0.1, 0.15) is 23.1 Å². The molecule has 0 atom stereocenters. The van der Waals surface area contributed by atoms with Crippen molar-refractivity contribution in [3.05, 3.63) is 51.5 Å². The lowest BCUT2D eigenvalue weighted by atomic mass is 10.1. The van der Waals surface area contributed by atoms with E-state index in [1.54, 1.807) is 0 Å². The molecular weight excluding hydrogens is 342 g/mol. The van der Waals surface area contributed by atoms with Gasteiger partial charge in [-0.25, -0.2) is 0 Å². The van der Waals surface area contributed by atoms with Crippen molar-refractivity contribution in [3.63, 3.8) is 0 Å². The summed E-state index contributed by atoms with van der Waals surface area (Å²) in [5, 5.41) is 3.51. The smallest absolute Gasteiger partial charge is 0.175 e. The zero-order valence-electron chi connectivity index (χ0n) is 12.3. The van der Waals surface area contributed by atoms with Crippen molar-refractivity contribution in [2.75, 3.05) is 18.5 Å². The molecule has 4 rings (SSSR count). The molecule has 1 N–H and O–H groups in total. The largest absolute Gasteiger partial charge is 0.486 e. The second-order valence-electron chi connectivity index (χ2n) is 5.79. The SMILES string of the molecule is Brc1cc(CNc2ccc3c(c2)CCC3)cc2c1OCCO2. The van der Waals surface area contributed by atoms with E-state index in [2.05, 4.69) is 51.6 Å². The van der Waals surface area contributed by atoms with E-state index in [0.717, 1.165) is 22.5 Å². The molecule has 0 bridgehead atoms. The minimum absolute atomic E-state index is 0.609. The van der Waals surface area contributed by atoms with Crippen LogP contribution in [0.4, 0.5) is 5.69 Å². The molecule has 0 saturated heterocycles. The summed E-state index contributed by atoms with van der Waals surface area (Å²) in [6, 6.07) is 10.9. The summed E-state index contributed by atoms with van der Waals surface area (Å²) in [5.74, 6) is 1.64. The zero-order chi connectivity index (χ0) is 14.9. The fourth-order valence-electron chi connectivity index (χ4n) is 3.15. The summed E-state index contributed by atoms with van der Waals surface area (Å²) in [6.07, 6.45) is 3.72. The van der Waals surface area contributed by atoms with E-state index in [-0.39, 0.29) is 0 Å². The molecule has 2 aromatic carbocycles. The van der Waals surface area contributed by atoms with Gasteiger partial charge in [0.2, 0.25) is 0 Å². The average molecular weight is 360 g/mol. The van der Waals surface area contributed by atoms with Crippen molar-refractivity contribution in [2.24, 2.45) is 0 Å². The lowest BCUT2D eigenvalue weighted by Gasteiger charge is -2.20. The van der Waals surface area contributed by atoms with Gasteiger partial charge in [-0.05, 0) is 76.1 Å². The summed E-state index contributed by atoms with van der Waals surface area (Å²) in [5.41, 5.74) is 5.37. The number of benzene rings is 2. The van der Waals surface area contributed by atoms with Gasteiger partial charge in [0.05, 0.1) is 4.47 Å². The first-order valence-electron chi connectivity index (χ1n) is 7.73. The van der Waals surface area contributed by atoms with Crippen molar-refractivity contribution < 1.29 is 9.47 Å². The number of hydrogen-bond donors (Lipinski definition) is 1. The predicted molar refractivity (Wildman–Crippen MR) is 90.9 cm³/mol. The Hall–Kier alpha value is -1.68. The maximum atomic E-state index is 5.67. The highest BCUT2D eigenvalue weighted by atomic mass is 79.9. The van der Waals surface area contributed by atoms with Gasteiger partial charge in [0.25, 0.3) is 0 Å². The summed E-state index contributed by atoms with van der Waals surface area (Å²) >= 11 is 3.57. The molecule has 0 aromatic heterocycles. The van der Waals surface area contributed by atoms with E-state index >= 15 is 0 Å². The van der Waals surface area contributed by atoms with Crippen molar-refractivity contribution in [2.45, 2.75) is 25.8 Å². The van der Waals surface area contributed by atoms with Crippen LogP contribution in [-0.4, -0.2) is 13.2 Å². The molecule has 0 spiro atoms.